The van der Waals surface area contributed by atoms with Crippen LogP contribution in [0.2, 0.25) is 0 Å². The third kappa shape index (κ3) is 3.67. The van der Waals surface area contributed by atoms with Gasteiger partial charge in [-0.05, 0) is 39.8 Å². The van der Waals surface area contributed by atoms with Gasteiger partial charge in [0.2, 0.25) is 0 Å². The van der Waals surface area contributed by atoms with Crippen molar-refractivity contribution in [2.75, 3.05) is 7.05 Å². The molecule has 2 N–H and O–H groups in total. The van der Waals surface area contributed by atoms with Crippen molar-refractivity contribution in [2.45, 2.75) is 40.3 Å². The lowest BCUT2D eigenvalue weighted by molar-refractivity contribution is 0.698. The molecule has 0 saturated heterocycles. The normalized spacial score (nSPS) is 11.8. The highest BCUT2D eigenvalue weighted by molar-refractivity contribution is 5.79. The van der Waals surface area contributed by atoms with Gasteiger partial charge in [-0.25, -0.2) is 4.68 Å². The molecule has 1 aromatic heterocycles. The monoisotopic (exact) mass is 299 g/mol. The maximum Gasteiger partial charge on any atom is 0.191 e. The molecule has 1 heterocycles. The van der Waals surface area contributed by atoms with Crippen LogP contribution >= 0.6 is 0 Å². The van der Waals surface area contributed by atoms with E-state index in [9.17, 15) is 0 Å². The summed E-state index contributed by atoms with van der Waals surface area (Å²) < 4.78 is 1.99. The van der Waals surface area contributed by atoms with Gasteiger partial charge in [0, 0.05) is 30.9 Å². The van der Waals surface area contributed by atoms with Crippen molar-refractivity contribution in [1.29, 1.82) is 0 Å². The molecule has 2 rings (SSSR count). The fourth-order valence-corrected chi connectivity index (χ4v) is 2.39. The van der Waals surface area contributed by atoms with Gasteiger partial charge in [-0.15, -0.1) is 0 Å². The van der Waals surface area contributed by atoms with Crippen LogP contribution in [-0.4, -0.2) is 28.8 Å². The Morgan fingerprint density at radius 2 is 1.91 bits per heavy atom. The number of aromatic nitrogens is 2. The second-order valence-corrected chi connectivity index (χ2v) is 5.62. The highest BCUT2D eigenvalue weighted by Gasteiger charge is 2.13. The van der Waals surface area contributed by atoms with E-state index in [1.54, 1.807) is 7.05 Å². The van der Waals surface area contributed by atoms with Crippen molar-refractivity contribution in [3.05, 3.63) is 47.3 Å². The first-order chi connectivity index (χ1) is 10.5. The van der Waals surface area contributed by atoms with E-state index in [4.69, 9.17) is 0 Å². The minimum Gasteiger partial charge on any atom is -0.354 e. The Labute approximate surface area is 132 Å². The molecule has 5 heteroatoms. The molecule has 0 spiro atoms. The molecule has 5 nitrogen and oxygen atoms in total. The van der Waals surface area contributed by atoms with Crippen molar-refractivity contribution in [3.8, 4) is 5.69 Å². The quantitative estimate of drug-likeness (QED) is 0.674. The van der Waals surface area contributed by atoms with Crippen molar-refractivity contribution in [3.63, 3.8) is 0 Å². The van der Waals surface area contributed by atoms with E-state index in [1.165, 1.54) is 5.56 Å². The number of para-hydroxylation sites is 1. The van der Waals surface area contributed by atoms with Crippen molar-refractivity contribution in [1.82, 2.24) is 20.4 Å². The number of rotatable bonds is 4. The lowest BCUT2D eigenvalue weighted by atomic mass is 10.2. The molecular formula is C17H25N5. The van der Waals surface area contributed by atoms with Gasteiger partial charge in [-0.1, -0.05) is 18.2 Å². The van der Waals surface area contributed by atoms with Gasteiger partial charge in [0.1, 0.15) is 0 Å². The van der Waals surface area contributed by atoms with E-state index in [0.717, 1.165) is 23.0 Å². The van der Waals surface area contributed by atoms with Crippen LogP contribution in [0.5, 0.6) is 0 Å². The highest BCUT2D eigenvalue weighted by Crippen LogP contribution is 2.17. The van der Waals surface area contributed by atoms with E-state index < -0.39 is 0 Å². The molecule has 0 fully saturated rings. The molecule has 2 aromatic rings. The summed E-state index contributed by atoms with van der Waals surface area (Å²) in [6, 6.07) is 10.5. The van der Waals surface area contributed by atoms with E-state index in [0.29, 0.717) is 12.6 Å². The highest BCUT2D eigenvalue weighted by atomic mass is 15.3. The average Bonchev–Trinajstić information content (AvgIpc) is 2.79. The molecule has 0 amide bonds. The van der Waals surface area contributed by atoms with Crippen LogP contribution < -0.4 is 10.6 Å². The smallest absolute Gasteiger partial charge is 0.191 e. The minimum atomic E-state index is 0.348. The van der Waals surface area contributed by atoms with Gasteiger partial charge in [-0.2, -0.15) is 5.10 Å². The molecule has 0 bridgehead atoms. The zero-order valence-corrected chi connectivity index (χ0v) is 14.0. The van der Waals surface area contributed by atoms with Crippen LogP contribution in [0.3, 0.4) is 0 Å². The Bertz CT molecular complexity index is 641. The summed E-state index contributed by atoms with van der Waals surface area (Å²) in [5.74, 6) is 0.807. The Balaban J connectivity index is 2.18. The molecule has 1 aromatic carbocycles. The molecule has 0 aliphatic carbocycles. The average molecular weight is 299 g/mol. The van der Waals surface area contributed by atoms with E-state index >= 15 is 0 Å². The Kier molecular flexibility index (Phi) is 5.20. The molecule has 0 saturated carbocycles. The van der Waals surface area contributed by atoms with Crippen LogP contribution in [0.15, 0.2) is 35.3 Å². The lowest BCUT2D eigenvalue weighted by Gasteiger charge is -2.14. The van der Waals surface area contributed by atoms with Gasteiger partial charge in [0.05, 0.1) is 11.4 Å². The van der Waals surface area contributed by atoms with Gasteiger partial charge >= 0.3 is 0 Å². The number of hydrogen-bond acceptors (Lipinski definition) is 2. The Morgan fingerprint density at radius 1 is 1.23 bits per heavy atom. The number of hydrogen-bond donors (Lipinski definition) is 2. The maximum atomic E-state index is 4.66. The molecule has 0 unspecified atom stereocenters. The van der Waals surface area contributed by atoms with Crippen LogP contribution in [-0.2, 0) is 6.54 Å². The van der Waals surface area contributed by atoms with E-state index in [-0.39, 0.29) is 0 Å². The summed E-state index contributed by atoms with van der Waals surface area (Å²) in [5.41, 5.74) is 4.47. The van der Waals surface area contributed by atoms with Crippen molar-refractivity contribution in [2.24, 2.45) is 4.99 Å². The van der Waals surface area contributed by atoms with Crippen LogP contribution in [0.4, 0.5) is 0 Å². The summed E-state index contributed by atoms with van der Waals surface area (Å²) in [7, 11) is 1.78. The Hall–Kier alpha value is -2.30. The van der Waals surface area contributed by atoms with Crippen LogP contribution in [0.1, 0.15) is 30.8 Å². The number of aryl methyl sites for hydroxylation is 1. The van der Waals surface area contributed by atoms with Gasteiger partial charge in [-0.3, -0.25) is 4.99 Å². The topological polar surface area (TPSA) is 54.2 Å². The second kappa shape index (κ2) is 7.11. The zero-order valence-electron chi connectivity index (χ0n) is 14.0. The largest absolute Gasteiger partial charge is 0.354 e. The first kappa shape index (κ1) is 16.1. The van der Waals surface area contributed by atoms with Crippen LogP contribution in [0.25, 0.3) is 5.69 Å². The summed E-state index contributed by atoms with van der Waals surface area (Å²) in [6.07, 6.45) is 0. The number of nitrogens with one attached hydrogen (secondary N) is 2. The third-order valence-electron chi connectivity index (χ3n) is 3.52. The molecule has 0 aliphatic heterocycles. The summed E-state index contributed by atoms with van der Waals surface area (Å²) in [6.45, 7) is 9.04. The summed E-state index contributed by atoms with van der Waals surface area (Å²) in [4.78, 5) is 4.23. The molecule has 0 aliphatic rings. The van der Waals surface area contributed by atoms with Crippen LogP contribution in [0, 0.1) is 13.8 Å². The SMILES string of the molecule is CN=C(NCc1c(C)nn(-c2ccccc2)c1C)NC(C)C. The van der Waals surface area contributed by atoms with E-state index in [1.807, 2.05) is 29.8 Å². The summed E-state index contributed by atoms with van der Waals surface area (Å²) >= 11 is 0. The predicted molar refractivity (Wildman–Crippen MR) is 91.5 cm³/mol. The standard InChI is InChI=1S/C17H25N5/c1-12(2)20-17(18-5)19-11-16-13(3)21-22(14(16)4)15-9-7-6-8-10-15/h6-10,12H,11H2,1-5H3,(H2,18,19,20). The molecule has 0 atom stereocenters. The lowest BCUT2D eigenvalue weighted by Crippen LogP contribution is -2.40. The molecule has 118 valence electrons. The number of nitrogens with zero attached hydrogens (tertiary/aromatic N) is 3. The Morgan fingerprint density at radius 3 is 2.50 bits per heavy atom. The van der Waals surface area contributed by atoms with Crippen molar-refractivity contribution >= 4 is 5.96 Å². The number of benzene rings is 1. The fourth-order valence-electron chi connectivity index (χ4n) is 2.39. The van der Waals surface area contributed by atoms with Gasteiger partial charge in [0.15, 0.2) is 5.96 Å². The first-order valence-electron chi connectivity index (χ1n) is 7.60. The number of aliphatic imine (C=N–C) groups is 1. The number of guanidine groups is 1. The van der Waals surface area contributed by atoms with Crippen molar-refractivity contribution < 1.29 is 0 Å². The fraction of sp³-hybridized carbons (Fsp3) is 0.412. The summed E-state index contributed by atoms with van der Waals surface area (Å²) in [5, 5.41) is 11.3. The zero-order chi connectivity index (χ0) is 16.1. The first-order valence-corrected chi connectivity index (χ1v) is 7.60. The van der Waals surface area contributed by atoms with Gasteiger partial charge < -0.3 is 10.6 Å². The minimum absolute atomic E-state index is 0.348. The molecular weight excluding hydrogens is 274 g/mol. The predicted octanol–water partition coefficient (Wildman–Crippen LogP) is 2.56. The van der Waals surface area contributed by atoms with Gasteiger partial charge in [0.25, 0.3) is 0 Å². The molecule has 22 heavy (non-hydrogen) atoms. The molecule has 0 radical (unpaired) electrons. The maximum absolute atomic E-state index is 4.66. The van der Waals surface area contributed by atoms with E-state index in [2.05, 4.69) is 53.6 Å². The second-order valence-electron chi connectivity index (χ2n) is 5.62. The third-order valence-corrected chi connectivity index (χ3v) is 3.52.